The standard InChI is InChI=1S/C18H37N/c1-3-5-7-8-9-10-11-12-13-15-17-18(19)16-14-6-4-2/h12-13,18H,3-11,14-17,19H2,1-2H3/b13-12-. The van der Waals surface area contributed by atoms with Gasteiger partial charge in [-0.05, 0) is 32.1 Å². The summed E-state index contributed by atoms with van der Waals surface area (Å²) in [5.74, 6) is 0. The van der Waals surface area contributed by atoms with Crippen LogP contribution in [-0.4, -0.2) is 6.04 Å². The number of hydrogen-bond donors (Lipinski definition) is 1. The summed E-state index contributed by atoms with van der Waals surface area (Å²) >= 11 is 0. The number of hydrogen-bond acceptors (Lipinski definition) is 1. The molecule has 1 unspecified atom stereocenters. The Hall–Kier alpha value is -0.300. The lowest BCUT2D eigenvalue weighted by molar-refractivity contribution is 0.532. The zero-order valence-electron chi connectivity index (χ0n) is 13.5. The Kier molecular flexibility index (Phi) is 15.5. The molecular weight excluding hydrogens is 230 g/mol. The van der Waals surface area contributed by atoms with Crippen molar-refractivity contribution in [3.05, 3.63) is 12.2 Å². The minimum atomic E-state index is 0.422. The summed E-state index contributed by atoms with van der Waals surface area (Å²) < 4.78 is 0. The molecule has 114 valence electrons. The van der Waals surface area contributed by atoms with E-state index in [1.807, 2.05) is 0 Å². The molecule has 0 amide bonds. The van der Waals surface area contributed by atoms with E-state index in [-0.39, 0.29) is 0 Å². The number of allylic oxidation sites excluding steroid dienone is 2. The lowest BCUT2D eigenvalue weighted by atomic mass is 10.0. The third kappa shape index (κ3) is 15.6. The predicted molar refractivity (Wildman–Crippen MR) is 88.5 cm³/mol. The van der Waals surface area contributed by atoms with Crippen LogP contribution in [0.4, 0.5) is 0 Å². The van der Waals surface area contributed by atoms with Gasteiger partial charge in [0.25, 0.3) is 0 Å². The maximum atomic E-state index is 6.09. The Morgan fingerprint density at radius 2 is 1.26 bits per heavy atom. The fraction of sp³-hybridized carbons (Fsp3) is 0.889. The molecule has 0 bridgehead atoms. The van der Waals surface area contributed by atoms with Crippen LogP contribution in [-0.2, 0) is 0 Å². The highest BCUT2D eigenvalue weighted by Gasteiger charge is 1.99. The van der Waals surface area contributed by atoms with Crippen LogP contribution in [0.3, 0.4) is 0 Å². The van der Waals surface area contributed by atoms with E-state index in [9.17, 15) is 0 Å². The van der Waals surface area contributed by atoms with Crippen molar-refractivity contribution in [1.82, 2.24) is 0 Å². The van der Waals surface area contributed by atoms with Crippen molar-refractivity contribution in [3.63, 3.8) is 0 Å². The minimum Gasteiger partial charge on any atom is -0.328 e. The number of unbranched alkanes of at least 4 members (excludes halogenated alkanes) is 8. The summed E-state index contributed by atoms with van der Waals surface area (Å²) in [6.45, 7) is 4.52. The Morgan fingerprint density at radius 1 is 0.684 bits per heavy atom. The van der Waals surface area contributed by atoms with Crippen molar-refractivity contribution in [2.45, 2.75) is 103 Å². The van der Waals surface area contributed by atoms with Crippen molar-refractivity contribution in [3.8, 4) is 0 Å². The normalized spacial score (nSPS) is 13.2. The average molecular weight is 268 g/mol. The summed E-state index contributed by atoms with van der Waals surface area (Å²) in [5.41, 5.74) is 6.09. The Bertz CT molecular complexity index is 186. The van der Waals surface area contributed by atoms with Gasteiger partial charge in [0.05, 0.1) is 0 Å². The summed E-state index contributed by atoms with van der Waals surface area (Å²) in [7, 11) is 0. The van der Waals surface area contributed by atoms with Gasteiger partial charge in [0.15, 0.2) is 0 Å². The highest BCUT2D eigenvalue weighted by atomic mass is 14.6. The molecule has 0 saturated carbocycles. The molecule has 0 aliphatic rings. The van der Waals surface area contributed by atoms with Crippen LogP contribution in [0.25, 0.3) is 0 Å². The van der Waals surface area contributed by atoms with Crippen LogP contribution < -0.4 is 5.73 Å². The lowest BCUT2D eigenvalue weighted by Crippen LogP contribution is -2.19. The van der Waals surface area contributed by atoms with Crippen LogP contribution in [0.1, 0.15) is 97.3 Å². The zero-order valence-corrected chi connectivity index (χ0v) is 13.5. The molecule has 0 saturated heterocycles. The van der Waals surface area contributed by atoms with Gasteiger partial charge in [-0.2, -0.15) is 0 Å². The van der Waals surface area contributed by atoms with Crippen LogP contribution in [0.2, 0.25) is 0 Å². The molecule has 1 atom stereocenters. The molecule has 0 heterocycles. The van der Waals surface area contributed by atoms with E-state index in [1.54, 1.807) is 0 Å². The molecule has 0 rings (SSSR count). The molecule has 0 aliphatic carbocycles. The molecule has 19 heavy (non-hydrogen) atoms. The molecule has 1 nitrogen and oxygen atoms in total. The van der Waals surface area contributed by atoms with Crippen LogP contribution in [0, 0.1) is 0 Å². The first-order valence-corrected chi connectivity index (χ1v) is 8.71. The molecule has 0 aromatic rings. The van der Waals surface area contributed by atoms with Gasteiger partial charge in [0.1, 0.15) is 0 Å². The van der Waals surface area contributed by atoms with E-state index in [2.05, 4.69) is 26.0 Å². The van der Waals surface area contributed by atoms with Gasteiger partial charge in [-0.25, -0.2) is 0 Å². The van der Waals surface area contributed by atoms with Gasteiger partial charge in [-0.3, -0.25) is 0 Å². The lowest BCUT2D eigenvalue weighted by Gasteiger charge is -2.08. The highest BCUT2D eigenvalue weighted by molar-refractivity contribution is 4.82. The summed E-state index contributed by atoms with van der Waals surface area (Å²) in [6.07, 6.45) is 21.8. The number of rotatable bonds is 14. The third-order valence-corrected chi connectivity index (χ3v) is 3.77. The second-order valence-electron chi connectivity index (χ2n) is 5.86. The maximum absolute atomic E-state index is 6.09. The van der Waals surface area contributed by atoms with E-state index in [0.29, 0.717) is 6.04 Å². The summed E-state index contributed by atoms with van der Waals surface area (Å²) in [5, 5.41) is 0. The van der Waals surface area contributed by atoms with Gasteiger partial charge in [-0.15, -0.1) is 0 Å². The Balaban J connectivity index is 3.20. The largest absolute Gasteiger partial charge is 0.328 e. The summed E-state index contributed by atoms with van der Waals surface area (Å²) in [6, 6.07) is 0.422. The van der Waals surface area contributed by atoms with Crippen LogP contribution >= 0.6 is 0 Å². The van der Waals surface area contributed by atoms with E-state index < -0.39 is 0 Å². The van der Waals surface area contributed by atoms with Crippen molar-refractivity contribution >= 4 is 0 Å². The monoisotopic (exact) mass is 267 g/mol. The molecule has 1 heteroatoms. The molecule has 0 radical (unpaired) electrons. The SMILES string of the molecule is CCCCCCCC/C=C\CCC(N)CCCCC. The first-order valence-electron chi connectivity index (χ1n) is 8.71. The fourth-order valence-corrected chi connectivity index (χ4v) is 2.39. The van der Waals surface area contributed by atoms with Gasteiger partial charge in [-0.1, -0.05) is 77.4 Å². The second-order valence-corrected chi connectivity index (χ2v) is 5.86. The van der Waals surface area contributed by atoms with E-state index in [0.717, 1.165) is 6.42 Å². The second kappa shape index (κ2) is 15.8. The van der Waals surface area contributed by atoms with Gasteiger partial charge >= 0.3 is 0 Å². The first-order chi connectivity index (χ1) is 9.31. The van der Waals surface area contributed by atoms with Gasteiger partial charge in [0.2, 0.25) is 0 Å². The minimum absolute atomic E-state index is 0.422. The number of nitrogens with two attached hydrogens (primary N) is 1. The van der Waals surface area contributed by atoms with Crippen LogP contribution in [0.5, 0.6) is 0 Å². The fourth-order valence-electron chi connectivity index (χ4n) is 2.39. The highest BCUT2D eigenvalue weighted by Crippen LogP contribution is 2.09. The topological polar surface area (TPSA) is 26.0 Å². The molecule has 0 aromatic carbocycles. The molecule has 0 fully saturated rings. The van der Waals surface area contributed by atoms with Gasteiger partial charge < -0.3 is 5.73 Å². The average Bonchev–Trinajstić information content (AvgIpc) is 2.41. The molecule has 0 aliphatic heterocycles. The molecule has 0 spiro atoms. The predicted octanol–water partition coefficient (Wildman–Crippen LogP) is 5.98. The Morgan fingerprint density at radius 3 is 2.00 bits per heavy atom. The van der Waals surface area contributed by atoms with Crippen molar-refractivity contribution in [1.29, 1.82) is 0 Å². The van der Waals surface area contributed by atoms with Crippen LogP contribution in [0.15, 0.2) is 12.2 Å². The quantitative estimate of drug-likeness (QED) is 0.304. The summed E-state index contributed by atoms with van der Waals surface area (Å²) in [4.78, 5) is 0. The van der Waals surface area contributed by atoms with Crippen molar-refractivity contribution < 1.29 is 0 Å². The first kappa shape index (κ1) is 18.7. The van der Waals surface area contributed by atoms with Crippen molar-refractivity contribution in [2.75, 3.05) is 0 Å². The third-order valence-electron chi connectivity index (χ3n) is 3.77. The maximum Gasteiger partial charge on any atom is 0.00417 e. The van der Waals surface area contributed by atoms with E-state index >= 15 is 0 Å². The zero-order chi connectivity index (χ0) is 14.2. The Labute approximate surface area is 122 Å². The smallest absolute Gasteiger partial charge is 0.00417 e. The van der Waals surface area contributed by atoms with Gasteiger partial charge in [0, 0.05) is 6.04 Å². The molecule has 2 N–H and O–H groups in total. The van der Waals surface area contributed by atoms with Crippen molar-refractivity contribution in [2.24, 2.45) is 5.73 Å². The molecular formula is C18H37N. The molecule has 0 aromatic heterocycles. The van der Waals surface area contributed by atoms with E-state index in [4.69, 9.17) is 5.73 Å². The van der Waals surface area contributed by atoms with E-state index in [1.165, 1.54) is 77.0 Å².